The number of hydrogen-bond donors (Lipinski definition) is 2. The van der Waals surface area contributed by atoms with E-state index in [4.69, 9.17) is 5.11 Å². The molecule has 2 N–H and O–H groups in total. The Hall–Kier alpha value is -1.73. The van der Waals surface area contributed by atoms with Gasteiger partial charge in [-0.3, -0.25) is 9.59 Å². The summed E-state index contributed by atoms with van der Waals surface area (Å²) >= 11 is 3.03. The van der Waals surface area contributed by atoms with Gasteiger partial charge in [0.1, 0.15) is 10.7 Å². The molecule has 0 aromatic carbocycles. The third-order valence-electron chi connectivity index (χ3n) is 3.03. The van der Waals surface area contributed by atoms with Crippen molar-refractivity contribution in [2.75, 3.05) is 6.54 Å². The zero-order chi connectivity index (χ0) is 15.2. The average molecular weight is 324 g/mol. The van der Waals surface area contributed by atoms with Crippen molar-refractivity contribution in [3.8, 4) is 10.6 Å². The monoisotopic (exact) mass is 324 g/mol. The van der Waals surface area contributed by atoms with Gasteiger partial charge in [0.2, 0.25) is 0 Å². The Morgan fingerprint density at radius 3 is 2.90 bits per heavy atom. The summed E-state index contributed by atoms with van der Waals surface area (Å²) < 4.78 is 0. The Labute approximate surface area is 130 Å². The fourth-order valence-electron chi connectivity index (χ4n) is 1.72. The number of hydrogen-bond acceptors (Lipinski definition) is 5. The highest BCUT2D eigenvalue weighted by atomic mass is 32.1. The number of carboxylic acid groups (broad SMARTS) is 1. The second kappa shape index (κ2) is 7.33. The second-order valence-corrected chi connectivity index (χ2v) is 6.33. The predicted octanol–water partition coefficient (Wildman–Crippen LogP) is 3.10. The smallest absolute Gasteiger partial charge is 0.306 e. The quantitative estimate of drug-likeness (QED) is 0.767. The standard InChI is InChI=1S/C14H16N2O3S2/c1-9(14(18)19)3-2-5-15-12(17)11-8-21-13(16-11)10-4-6-20-7-10/h4,6-9H,2-3,5H2,1H3,(H,15,17)(H,18,19). The summed E-state index contributed by atoms with van der Waals surface area (Å²) in [5.41, 5.74) is 1.44. The third-order valence-corrected chi connectivity index (χ3v) is 4.60. The molecule has 0 spiro atoms. The maximum absolute atomic E-state index is 11.9. The maximum atomic E-state index is 11.9. The zero-order valence-corrected chi connectivity index (χ0v) is 13.2. The zero-order valence-electron chi connectivity index (χ0n) is 11.5. The number of carbonyl (C=O) groups is 2. The minimum Gasteiger partial charge on any atom is -0.481 e. The largest absolute Gasteiger partial charge is 0.481 e. The molecule has 0 saturated carbocycles. The van der Waals surface area contributed by atoms with E-state index in [2.05, 4.69) is 10.3 Å². The molecule has 0 aliphatic carbocycles. The molecule has 0 aliphatic rings. The summed E-state index contributed by atoms with van der Waals surface area (Å²) in [6.07, 6.45) is 1.19. The van der Waals surface area contributed by atoms with E-state index in [1.807, 2.05) is 16.8 Å². The van der Waals surface area contributed by atoms with E-state index >= 15 is 0 Å². The van der Waals surface area contributed by atoms with Gasteiger partial charge in [-0.1, -0.05) is 6.92 Å². The highest BCUT2D eigenvalue weighted by molar-refractivity contribution is 7.14. The van der Waals surface area contributed by atoms with Gasteiger partial charge in [-0.25, -0.2) is 4.98 Å². The van der Waals surface area contributed by atoms with Crippen LogP contribution in [-0.2, 0) is 4.79 Å². The number of thiophene rings is 1. The van der Waals surface area contributed by atoms with Crippen molar-refractivity contribution in [1.82, 2.24) is 10.3 Å². The molecular weight excluding hydrogens is 308 g/mol. The lowest BCUT2D eigenvalue weighted by Gasteiger charge is -2.06. The lowest BCUT2D eigenvalue weighted by atomic mass is 10.1. The molecule has 0 radical (unpaired) electrons. The molecule has 7 heteroatoms. The fourth-order valence-corrected chi connectivity index (χ4v) is 3.23. The van der Waals surface area contributed by atoms with Gasteiger partial charge in [-0.15, -0.1) is 11.3 Å². The fraction of sp³-hybridized carbons (Fsp3) is 0.357. The number of aliphatic carboxylic acids is 1. The number of amides is 1. The average Bonchev–Trinajstić information content (AvgIpc) is 3.12. The van der Waals surface area contributed by atoms with Gasteiger partial charge in [0.25, 0.3) is 5.91 Å². The van der Waals surface area contributed by atoms with E-state index in [0.29, 0.717) is 25.1 Å². The molecule has 1 unspecified atom stereocenters. The van der Waals surface area contributed by atoms with Crippen LogP contribution < -0.4 is 5.32 Å². The summed E-state index contributed by atoms with van der Waals surface area (Å²) in [6.45, 7) is 2.12. The van der Waals surface area contributed by atoms with Gasteiger partial charge < -0.3 is 10.4 Å². The van der Waals surface area contributed by atoms with Crippen molar-refractivity contribution in [2.24, 2.45) is 5.92 Å². The Morgan fingerprint density at radius 1 is 1.43 bits per heavy atom. The summed E-state index contributed by atoms with van der Waals surface area (Å²) in [4.78, 5) is 26.9. The highest BCUT2D eigenvalue weighted by Crippen LogP contribution is 2.25. The van der Waals surface area contributed by atoms with Crippen LogP contribution in [0.1, 0.15) is 30.3 Å². The minimum absolute atomic E-state index is 0.212. The van der Waals surface area contributed by atoms with Crippen LogP contribution in [-0.4, -0.2) is 28.5 Å². The van der Waals surface area contributed by atoms with E-state index in [1.54, 1.807) is 23.6 Å². The number of aromatic nitrogens is 1. The van der Waals surface area contributed by atoms with Crippen molar-refractivity contribution >= 4 is 34.6 Å². The molecule has 112 valence electrons. The number of carboxylic acids is 1. The normalized spacial score (nSPS) is 12.0. The van der Waals surface area contributed by atoms with Gasteiger partial charge in [0.05, 0.1) is 5.92 Å². The van der Waals surface area contributed by atoms with Crippen LogP contribution in [0.25, 0.3) is 10.6 Å². The molecular formula is C14H16N2O3S2. The third kappa shape index (κ3) is 4.37. The molecule has 1 amide bonds. The van der Waals surface area contributed by atoms with Gasteiger partial charge in [0, 0.05) is 22.9 Å². The molecule has 0 saturated heterocycles. The van der Waals surface area contributed by atoms with Crippen molar-refractivity contribution in [1.29, 1.82) is 0 Å². The number of carbonyl (C=O) groups excluding carboxylic acids is 1. The van der Waals surface area contributed by atoms with E-state index in [9.17, 15) is 9.59 Å². The second-order valence-electron chi connectivity index (χ2n) is 4.69. The summed E-state index contributed by atoms with van der Waals surface area (Å²) in [6, 6.07) is 1.97. The molecule has 2 aromatic heterocycles. The van der Waals surface area contributed by atoms with Crippen LogP contribution in [0, 0.1) is 5.92 Å². The highest BCUT2D eigenvalue weighted by Gasteiger charge is 2.13. The predicted molar refractivity (Wildman–Crippen MR) is 83.8 cm³/mol. The van der Waals surface area contributed by atoms with Gasteiger partial charge >= 0.3 is 5.97 Å². The number of rotatable bonds is 7. The Balaban J connectivity index is 1.80. The first-order chi connectivity index (χ1) is 10.1. The van der Waals surface area contributed by atoms with Crippen LogP contribution in [0.4, 0.5) is 0 Å². The van der Waals surface area contributed by atoms with Crippen molar-refractivity contribution in [3.05, 3.63) is 27.9 Å². The Morgan fingerprint density at radius 2 is 2.24 bits per heavy atom. The number of nitrogens with one attached hydrogen (secondary N) is 1. The first-order valence-corrected chi connectivity index (χ1v) is 8.39. The first kappa shape index (κ1) is 15.7. The number of nitrogens with zero attached hydrogens (tertiary/aromatic N) is 1. The summed E-state index contributed by atoms with van der Waals surface area (Å²) in [5, 5.41) is 18.1. The van der Waals surface area contributed by atoms with Crippen molar-refractivity contribution < 1.29 is 14.7 Å². The van der Waals surface area contributed by atoms with Gasteiger partial charge in [0.15, 0.2) is 0 Å². The van der Waals surface area contributed by atoms with E-state index in [1.165, 1.54) is 11.3 Å². The topological polar surface area (TPSA) is 79.3 Å². The molecule has 2 rings (SSSR count). The Bertz CT molecular complexity index is 608. The molecule has 0 bridgehead atoms. The lowest BCUT2D eigenvalue weighted by molar-refractivity contribution is -0.141. The SMILES string of the molecule is CC(CCCNC(=O)c1csc(-c2ccsc2)n1)C(=O)O. The van der Waals surface area contributed by atoms with E-state index in [-0.39, 0.29) is 11.8 Å². The van der Waals surface area contributed by atoms with Crippen LogP contribution in [0.5, 0.6) is 0 Å². The summed E-state index contributed by atoms with van der Waals surface area (Å²) in [7, 11) is 0. The van der Waals surface area contributed by atoms with Crippen molar-refractivity contribution in [2.45, 2.75) is 19.8 Å². The molecule has 2 aromatic rings. The maximum Gasteiger partial charge on any atom is 0.306 e. The lowest BCUT2D eigenvalue weighted by Crippen LogP contribution is -2.25. The molecule has 1 atom stereocenters. The van der Waals surface area contributed by atoms with Crippen LogP contribution >= 0.6 is 22.7 Å². The summed E-state index contributed by atoms with van der Waals surface area (Å²) in [5.74, 6) is -1.40. The Kier molecular flexibility index (Phi) is 5.46. The first-order valence-electron chi connectivity index (χ1n) is 6.57. The van der Waals surface area contributed by atoms with Crippen LogP contribution in [0.15, 0.2) is 22.2 Å². The van der Waals surface area contributed by atoms with Gasteiger partial charge in [-0.05, 0) is 24.3 Å². The minimum atomic E-state index is -0.804. The molecule has 21 heavy (non-hydrogen) atoms. The molecule has 5 nitrogen and oxygen atoms in total. The molecule has 2 heterocycles. The molecule has 0 aliphatic heterocycles. The van der Waals surface area contributed by atoms with Crippen molar-refractivity contribution in [3.63, 3.8) is 0 Å². The van der Waals surface area contributed by atoms with Gasteiger partial charge in [-0.2, -0.15) is 11.3 Å². The van der Waals surface area contributed by atoms with Crippen LogP contribution in [0.2, 0.25) is 0 Å². The van der Waals surface area contributed by atoms with E-state index in [0.717, 1.165) is 10.6 Å². The number of thiazole rings is 1. The van der Waals surface area contributed by atoms with E-state index < -0.39 is 5.97 Å². The van der Waals surface area contributed by atoms with Crippen LogP contribution in [0.3, 0.4) is 0 Å². The molecule has 0 fully saturated rings.